The molecule has 1 aliphatic heterocycles. The molecule has 1 saturated heterocycles. The predicted octanol–water partition coefficient (Wildman–Crippen LogP) is 2.97. The first-order valence-corrected chi connectivity index (χ1v) is 12.1. The number of nitrogens with one attached hydrogen (secondary N) is 2. The summed E-state index contributed by atoms with van der Waals surface area (Å²) >= 11 is 1.64. The molecule has 0 aliphatic carbocycles. The van der Waals surface area contributed by atoms with Crippen LogP contribution in [0.2, 0.25) is 0 Å². The highest BCUT2D eigenvalue weighted by Crippen LogP contribution is 2.30. The van der Waals surface area contributed by atoms with Gasteiger partial charge < -0.3 is 15.5 Å². The van der Waals surface area contributed by atoms with E-state index in [0.717, 1.165) is 42.3 Å². The van der Waals surface area contributed by atoms with Gasteiger partial charge in [0.25, 0.3) is 0 Å². The Morgan fingerprint density at radius 1 is 1.06 bits per heavy atom. The van der Waals surface area contributed by atoms with Crippen LogP contribution >= 0.6 is 11.3 Å². The number of piperazine rings is 1. The second-order valence-electron chi connectivity index (χ2n) is 8.27. The Kier molecular flexibility index (Phi) is 7.87. The average Bonchev–Trinajstić information content (AvgIpc) is 3.38. The molecular weight excluding hydrogens is 453 g/mol. The van der Waals surface area contributed by atoms with E-state index in [2.05, 4.69) is 31.5 Å². The summed E-state index contributed by atoms with van der Waals surface area (Å²) in [6.45, 7) is 5.33. The summed E-state index contributed by atoms with van der Waals surface area (Å²) < 4.78 is 13.3. The summed E-state index contributed by atoms with van der Waals surface area (Å²) in [6.07, 6.45) is 3.31. The third-order valence-corrected chi connectivity index (χ3v) is 6.89. The van der Waals surface area contributed by atoms with E-state index in [1.54, 1.807) is 41.9 Å². The zero-order valence-electron chi connectivity index (χ0n) is 19.0. The highest BCUT2D eigenvalue weighted by molar-refractivity contribution is 7.10. The summed E-state index contributed by atoms with van der Waals surface area (Å²) in [4.78, 5) is 34.7. The van der Waals surface area contributed by atoms with Crippen molar-refractivity contribution < 1.29 is 14.0 Å². The molecule has 2 atom stereocenters. The summed E-state index contributed by atoms with van der Waals surface area (Å²) in [5, 5.41) is 7.56. The monoisotopic (exact) mass is 481 g/mol. The van der Waals surface area contributed by atoms with Crippen LogP contribution in [0.3, 0.4) is 0 Å². The number of halogens is 1. The van der Waals surface area contributed by atoms with E-state index in [0.29, 0.717) is 0 Å². The zero-order chi connectivity index (χ0) is 23.9. The smallest absolute Gasteiger partial charge is 0.309 e. The van der Waals surface area contributed by atoms with Gasteiger partial charge in [0.15, 0.2) is 0 Å². The number of nitrogens with zero attached hydrogens (tertiary/aromatic N) is 3. The maximum atomic E-state index is 13.3. The number of anilines is 1. The molecule has 1 fully saturated rings. The molecule has 1 aliphatic rings. The number of thiophene rings is 1. The minimum absolute atomic E-state index is 0.0505. The largest absolute Gasteiger partial charge is 0.369 e. The molecule has 2 aromatic heterocycles. The molecule has 0 spiro atoms. The highest BCUT2D eigenvalue weighted by atomic mass is 32.1. The number of hydrogen-bond acceptors (Lipinski definition) is 6. The third-order valence-electron chi connectivity index (χ3n) is 5.95. The minimum Gasteiger partial charge on any atom is -0.369 e. The van der Waals surface area contributed by atoms with Crippen LogP contribution in [0.1, 0.15) is 23.4 Å². The van der Waals surface area contributed by atoms with Crippen molar-refractivity contribution in [2.24, 2.45) is 0 Å². The SMILES string of the molecule is C[C@H](NC(=O)C(=O)NCc1cccnc1)[C@@H](c1cccs1)N1CCN(c2ccc(F)cc2)CC1. The number of rotatable bonds is 7. The van der Waals surface area contributed by atoms with Crippen molar-refractivity contribution in [3.63, 3.8) is 0 Å². The molecule has 0 saturated carbocycles. The molecule has 7 nitrogen and oxygen atoms in total. The highest BCUT2D eigenvalue weighted by Gasteiger charge is 2.32. The Bertz CT molecular complexity index is 1070. The lowest BCUT2D eigenvalue weighted by Gasteiger charge is -2.42. The van der Waals surface area contributed by atoms with Crippen LogP contribution in [0, 0.1) is 5.82 Å². The van der Waals surface area contributed by atoms with Crippen molar-refractivity contribution in [1.82, 2.24) is 20.5 Å². The number of benzene rings is 1. The fourth-order valence-electron chi connectivity index (χ4n) is 4.23. The van der Waals surface area contributed by atoms with Gasteiger partial charge >= 0.3 is 11.8 Å². The van der Waals surface area contributed by atoms with Gasteiger partial charge in [0.2, 0.25) is 0 Å². The Labute approximate surface area is 202 Å². The fraction of sp³-hybridized carbons (Fsp3) is 0.320. The van der Waals surface area contributed by atoms with Crippen LogP contribution < -0.4 is 15.5 Å². The van der Waals surface area contributed by atoms with Gasteiger partial charge in [-0.05, 0) is 54.3 Å². The third kappa shape index (κ3) is 5.98. The van der Waals surface area contributed by atoms with Gasteiger partial charge in [-0.25, -0.2) is 4.39 Å². The first-order valence-electron chi connectivity index (χ1n) is 11.3. The maximum Gasteiger partial charge on any atom is 0.309 e. The van der Waals surface area contributed by atoms with Crippen molar-refractivity contribution in [3.05, 3.63) is 82.6 Å². The van der Waals surface area contributed by atoms with E-state index in [4.69, 9.17) is 0 Å². The Morgan fingerprint density at radius 3 is 2.47 bits per heavy atom. The van der Waals surface area contributed by atoms with Gasteiger partial charge in [-0.15, -0.1) is 11.3 Å². The van der Waals surface area contributed by atoms with Crippen LogP contribution in [0.5, 0.6) is 0 Å². The van der Waals surface area contributed by atoms with Gasteiger partial charge in [0.05, 0.1) is 6.04 Å². The van der Waals surface area contributed by atoms with Gasteiger partial charge in [-0.1, -0.05) is 12.1 Å². The van der Waals surface area contributed by atoms with Crippen molar-refractivity contribution in [1.29, 1.82) is 0 Å². The molecule has 1 aromatic carbocycles. The zero-order valence-corrected chi connectivity index (χ0v) is 19.8. The van der Waals surface area contributed by atoms with E-state index < -0.39 is 11.8 Å². The molecular formula is C25H28FN5O2S. The van der Waals surface area contributed by atoms with Gasteiger partial charge in [0, 0.05) is 61.7 Å². The molecule has 34 heavy (non-hydrogen) atoms. The molecule has 0 bridgehead atoms. The number of carbonyl (C=O) groups excluding carboxylic acids is 2. The maximum absolute atomic E-state index is 13.3. The minimum atomic E-state index is -0.665. The van der Waals surface area contributed by atoms with Gasteiger partial charge in [0.1, 0.15) is 5.82 Å². The van der Waals surface area contributed by atoms with E-state index >= 15 is 0 Å². The van der Waals surface area contributed by atoms with Crippen molar-refractivity contribution in [2.75, 3.05) is 31.1 Å². The van der Waals surface area contributed by atoms with Crippen molar-refractivity contribution >= 4 is 28.8 Å². The number of carbonyl (C=O) groups is 2. The second kappa shape index (κ2) is 11.2. The van der Waals surface area contributed by atoms with E-state index in [-0.39, 0.29) is 24.4 Å². The number of hydrogen-bond donors (Lipinski definition) is 2. The second-order valence-corrected chi connectivity index (χ2v) is 9.25. The van der Waals surface area contributed by atoms with Crippen LogP contribution in [0.4, 0.5) is 10.1 Å². The predicted molar refractivity (Wildman–Crippen MR) is 131 cm³/mol. The number of aromatic nitrogens is 1. The molecule has 2 amide bonds. The lowest BCUT2D eigenvalue weighted by atomic mass is 10.0. The Balaban J connectivity index is 1.37. The van der Waals surface area contributed by atoms with Crippen LogP contribution in [-0.2, 0) is 16.1 Å². The van der Waals surface area contributed by atoms with E-state index in [9.17, 15) is 14.0 Å². The molecule has 3 heterocycles. The number of pyridine rings is 1. The lowest BCUT2D eigenvalue weighted by Crippen LogP contribution is -2.53. The number of amides is 2. The van der Waals surface area contributed by atoms with Crippen LogP contribution in [0.15, 0.2) is 66.3 Å². The molecule has 3 aromatic rings. The fourth-order valence-corrected chi connectivity index (χ4v) is 5.19. The summed E-state index contributed by atoms with van der Waals surface area (Å²) in [6, 6.07) is 13.9. The summed E-state index contributed by atoms with van der Waals surface area (Å²) in [5.41, 5.74) is 1.83. The molecule has 178 valence electrons. The van der Waals surface area contributed by atoms with E-state index in [1.807, 2.05) is 24.4 Å². The Morgan fingerprint density at radius 2 is 1.82 bits per heavy atom. The van der Waals surface area contributed by atoms with Gasteiger partial charge in [-0.2, -0.15) is 0 Å². The quantitative estimate of drug-likeness (QED) is 0.508. The Hall–Kier alpha value is -3.30. The van der Waals surface area contributed by atoms with Crippen molar-refractivity contribution in [3.8, 4) is 0 Å². The normalized spacial score (nSPS) is 16.0. The first-order chi connectivity index (χ1) is 16.5. The summed E-state index contributed by atoms with van der Waals surface area (Å²) in [5.74, 6) is -1.56. The van der Waals surface area contributed by atoms with Crippen LogP contribution in [-0.4, -0.2) is 53.9 Å². The molecule has 0 radical (unpaired) electrons. The standard InChI is InChI=1S/C25H28FN5O2S/c1-18(29-25(33)24(32)28-17-19-4-2-10-27-16-19)23(22-5-3-15-34-22)31-13-11-30(12-14-31)21-8-6-20(26)7-9-21/h2-10,15-16,18,23H,11-14,17H2,1H3,(H,28,32)(H,29,33)/t18-,23-/m0/s1. The van der Waals surface area contributed by atoms with E-state index in [1.165, 1.54) is 12.1 Å². The lowest BCUT2D eigenvalue weighted by molar-refractivity contribution is -0.140. The summed E-state index contributed by atoms with van der Waals surface area (Å²) in [7, 11) is 0. The topological polar surface area (TPSA) is 77.6 Å². The van der Waals surface area contributed by atoms with Crippen LogP contribution in [0.25, 0.3) is 0 Å². The molecule has 4 rings (SSSR count). The first kappa shape index (κ1) is 23.8. The average molecular weight is 482 g/mol. The molecule has 2 N–H and O–H groups in total. The van der Waals surface area contributed by atoms with Gasteiger partial charge in [-0.3, -0.25) is 19.5 Å². The molecule has 9 heteroatoms. The van der Waals surface area contributed by atoms with Crippen molar-refractivity contribution in [2.45, 2.75) is 25.6 Å². The molecule has 0 unspecified atom stereocenters.